The molecule has 1 unspecified atom stereocenters. The summed E-state index contributed by atoms with van der Waals surface area (Å²) in [6.45, 7) is 2.23. The molecule has 0 saturated carbocycles. The van der Waals surface area contributed by atoms with Crippen LogP contribution in [0.4, 0.5) is 5.69 Å². The topological polar surface area (TPSA) is 66.4 Å². The third-order valence-electron chi connectivity index (χ3n) is 7.00. The molecule has 34 heavy (non-hydrogen) atoms. The summed E-state index contributed by atoms with van der Waals surface area (Å²) < 4.78 is 0. The Labute approximate surface area is 202 Å². The molecule has 0 aromatic heterocycles. The Bertz CT molecular complexity index is 1100. The summed E-state index contributed by atoms with van der Waals surface area (Å²) in [6, 6.07) is 17.5. The monoisotopic (exact) mass is 457 g/mol. The number of rotatable bonds is 11. The van der Waals surface area contributed by atoms with Gasteiger partial charge in [-0.15, -0.1) is 0 Å². The summed E-state index contributed by atoms with van der Waals surface area (Å²) in [7, 11) is 0. The molecule has 0 radical (unpaired) electrons. The minimum Gasteiger partial charge on any atom is -0.505 e. The van der Waals surface area contributed by atoms with E-state index in [0.717, 1.165) is 36.1 Å². The number of aliphatic hydroxyl groups is 1. The number of anilines is 1. The Morgan fingerprint density at radius 3 is 2.09 bits per heavy atom. The van der Waals surface area contributed by atoms with E-state index in [1.165, 1.54) is 38.5 Å². The zero-order chi connectivity index (χ0) is 23.9. The standard InChI is InChI=1S/C30H35NO3/c1-2-3-4-5-6-7-8-9-13-19-23-28(32)27-26(30(34)29(23)33)25(21-16-11-10-12-17-21)22-18-14-15-20-24(22)31-27/h10-12,14-18,20,25,31-32H,2-9,13,19H2,1H3. The minimum atomic E-state index is -0.557. The van der Waals surface area contributed by atoms with Gasteiger partial charge in [0.25, 0.3) is 0 Å². The van der Waals surface area contributed by atoms with Gasteiger partial charge in [0, 0.05) is 22.8 Å². The normalized spacial score (nSPS) is 17.5. The Hall–Kier alpha value is -3.14. The number of hydrogen-bond donors (Lipinski definition) is 2. The van der Waals surface area contributed by atoms with E-state index in [-0.39, 0.29) is 17.3 Å². The van der Waals surface area contributed by atoms with Crippen LogP contribution in [0.3, 0.4) is 0 Å². The number of aliphatic hydroxyl groups excluding tert-OH is 1. The van der Waals surface area contributed by atoms with E-state index in [1.54, 1.807) is 0 Å². The molecule has 4 heteroatoms. The Kier molecular flexibility index (Phi) is 7.99. The fraction of sp³-hybridized carbons (Fsp3) is 0.400. The second kappa shape index (κ2) is 11.3. The fourth-order valence-electron chi connectivity index (χ4n) is 5.15. The van der Waals surface area contributed by atoms with E-state index >= 15 is 0 Å². The lowest BCUT2D eigenvalue weighted by Gasteiger charge is -2.33. The minimum absolute atomic E-state index is 0.0606. The molecular formula is C30H35NO3. The van der Waals surface area contributed by atoms with Crippen LogP contribution in [0.15, 0.2) is 77.2 Å². The zero-order valence-corrected chi connectivity index (χ0v) is 20.1. The first-order valence-electron chi connectivity index (χ1n) is 12.8. The first-order valence-corrected chi connectivity index (χ1v) is 12.8. The number of Topliss-reactive ketones (excluding diaryl/α,β-unsaturated/α-hetero) is 2. The highest BCUT2D eigenvalue weighted by atomic mass is 16.3. The summed E-state index contributed by atoms with van der Waals surface area (Å²) >= 11 is 0. The predicted molar refractivity (Wildman–Crippen MR) is 137 cm³/mol. The molecule has 1 aliphatic heterocycles. The molecule has 2 aromatic carbocycles. The molecule has 0 bridgehead atoms. The van der Waals surface area contributed by atoms with Crippen molar-refractivity contribution in [2.75, 3.05) is 5.32 Å². The van der Waals surface area contributed by atoms with Gasteiger partial charge in [-0.1, -0.05) is 107 Å². The number of fused-ring (bicyclic) bond motifs is 1. The maximum absolute atomic E-state index is 13.4. The third kappa shape index (κ3) is 5.01. The molecule has 1 aliphatic carbocycles. The van der Waals surface area contributed by atoms with E-state index in [4.69, 9.17) is 0 Å². The molecular weight excluding hydrogens is 422 g/mol. The number of carbonyl (C=O) groups excluding carboxylic acids is 2. The number of carbonyl (C=O) groups is 2. The molecule has 2 N–H and O–H groups in total. The van der Waals surface area contributed by atoms with Crippen LogP contribution >= 0.6 is 0 Å². The number of benzene rings is 2. The first-order chi connectivity index (χ1) is 16.6. The number of para-hydroxylation sites is 1. The highest BCUT2D eigenvalue weighted by molar-refractivity contribution is 6.50. The highest BCUT2D eigenvalue weighted by Crippen LogP contribution is 2.45. The molecule has 0 amide bonds. The van der Waals surface area contributed by atoms with Crippen LogP contribution in [0.5, 0.6) is 0 Å². The molecule has 178 valence electrons. The number of allylic oxidation sites excluding steroid dienone is 2. The molecule has 4 nitrogen and oxygen atoms in total. The third-order valence-corrected chi connectivity index (χ3v) is 7.00. The van der Waals surface area contributed by atoms with Gasteiger partial charge in [0.15, 0.2) is 0 Å². The second-order valence-electron chi connectivity index (χ2n) is 9.41. The van der Waals surface area contributed by atoms with Crippen LogP contribution in [0.25, 0.3) is 0 Å². The first kappa shape index (κ1) is 24.0. The van der Waals surface area contributed by atoms with Crippen molar-refractivity contribution in [3.8, 4) is 0 Å². The molecule has 0 fully saturated rings. The lowest BCUT2D eigenvalue weighted by Crippen LogP contribution is -2.34. The average molecular weight is 458 g/mol. The van der Waals surface area contributed by atoms with Crippen molar-refractivity contribution in [1.82, 2.24) is 0 Å². The van der Waals surface area contributed by atoms with Gasteiger partial charge in [0.05, 0.1) is 5.70 Å². The smallest absolute Gasteiger partial charge is 0.233 e. The summed E-state index contributed by atoms with van der Waals surface area (Å²) in [5.41, 5.74) is 3.71. The summed E-state index contributed by atoms with van der Waals surface area (Å²) in [5.74, 6) is -1.51. The van der Waals surface area contributed by atoms with Crippen molar-refractivity contribution in [2.45, 2.75) is 77.0 Å². The van der Waals surface area contributed by atoms with Gasteiger partial charge in [0.2, 0.25) is 11.6 Å². The van der Waals surface area contributed by atoms with Gasteiger partial charge in [-0.2, -0.15) is 0 Å². The van der Waals surface area contributed by atoms with Crippen molar-refractivity contribution >= 4 is 17.3 Å². The van der Waals surface area contributed by atoms with E-state index in [2.05, 4.69) is 12.2 Å². The van der Waals surface area contributed by atoms with Crippen molar-refractivity contribution in [3.05, 3.63) is 88.3 Å². The van der Waals surface area contributed by atoms with Gasteiger partial charge < -0.3 is 10.4 Å². The molecule has 1 atom stereocenters. The summed E-state index contributed by atoms with van der Waals surface area (Å²) in [6.07, 6.45) is 11.0. The van der Waals surface area contributed by atoms with Crippen molar-refractivity contribution < 1.29 is 14.7 Å². The fourth-order valence-corrected chi connectivity index (χ4v) is 5.15. The average Bonchev–Trinajstić information content (AvgIpc) is 2.87. The van der Waals surface area contributed by atoms with Crippen LogP contribution in [0.1, 0.15) is 88.2 Å². The lowest BCUT2D eigenvalue weighted by molar-refractivity contribution is -0.132. The number of nitrogens with one attached hydrogen (secondary N) is 1. The molecule has 2 aliphatic rings. The van der Waals surface area contributed by atoms with E-state index in [9.17, 15) is 14.7 Å². The van der Waals surface area contributed by atoms with Gasteiger partial charge in [-0.25, -0.2) is 0 Å². The van der Waals surface area contributed by atoms with Crippen LogP contribution in [-0.4, -0.2) is 16.7 Å². The largest absolute Gasteiger partial charge is 0.505 e. The van der Waals surface area contributed by atoms with Gasteiger partial charge >= 0.3 is 0 Å². The Morgan fingerprint density at radius 2 is 1.38 bits per heavy atom. The number of ketones is 2. The lowest BCUT2D eigenvalue weighted by atomic mass is 9.74. The molecule has 4 rings (SSSR count). The maximum Gasteiger partial charge on any atom is 0.233 e. The van der Waals surface area contributed by atoms with Gasteiger partial charge in [-0.05, 0) is 30.0 Å². The van der Waals surface area contributed by atoms with Crippen molar-refractivity contribution in [3.63, 3.8) is 0 Å². The van der Waals surface area contributed by atoms with E-state index in [1.807, 2.05) is 54.6 Å². The van der Waals surface area contributed by atoms with Gasteiger partial charge in [0.1, 0.15) is 5.76 Å². The number of hydrogen-bond acceptors (Lipinski definition) is 4. The highest BCUT2D eigenvalue weighted by Gasteiger charge is 2.42. The summed E-state index contributed by atoms with van der Waals surface area (Å²) in [5, 5.41) is 14.4. The molecule has 0 saturated heterocycles. The SMILES string of the molecule is CCCCCCCCCCCC1=C(O)C2=C(C(=O)C1=O)C(c1ccccc1)c1ccccc1N2. The summed E-state index contributed by atoms with van der Waals surface area (Å²) in [4.78, 5) is 26.5. The van der Waals surface area contributed by atoms with Crippen LogP contribution in [0, 0.1) is 0 Å². The van der Waals surface area contributed by atoms with Gasteiger partial charge in [-0.3, -0.25) is 9.59 Å². The van der Waals surface area contributed by atoms with E-state index in [0.29, 0.717) is 17.7 Å². The van der Waals surface area contributed by atoms with Crippen LogP contribution in [0.2, 0.25) is 0 Å². The molecule has 0 spiro atoms. The molecule has 1 heterocycles. The van der Waals surface area contributed by atoms with Crippen molar-refractivity contribution in [1.29, 1.82) is 0 Å². The maximum atomic E-state index is 13.4. The number of unbranched alkanes of at least 4 members (excludes halogenated alkanes) is 8. The molecule has 2 aromatic rings. The Morgan fingerprint density at radius 1 is 0.765 bits per heavy atom. The van der Waals surface area contributed by atoms with E-state index < -0.39 is 11.6 Å². The van der Waals surface area contributed by atoms with Crippen LogP contribution in [-0.2, 0) is 9.59 Å². The second-order valence-corrected chi connectivity index (χ2v) is 9.41. The van der Waals surface area contributed by atoms with Crippen molar-refractivity contribution in [2.24, 2.45) is 0 Å². The quantitative estimate of drug-likeness (QED) is 0.210. The predicted octanol–water partition coefficient (Wildman–Crippen LogP) is 7.38. The Balaban J connectivity index is 1.52. The van der Waals surface area contributed by atoms with Crippen LogP contribution < -0.4 is 5.32 Å². The zero-order valence-electron chi connectivity index (χ0n) is 20.1.